The van der Waals surface area contributed by atoms with E-state index in [0.29, 0.717) is 43.3 Å². The molecule has 0 N–H and O–H groups in total. The first-order valence-corrected chi connectivity index (χ1v) is 13.3. The highest BCUT2D eigenvalue weighted by Gasteiger charge is 2.26. The zero-order valence-corrected chi connectivity index (χ0v) is 22.9. The molecule has 38 heavy (non-hydrogen) atoms. The first-order chi connectivity index (χ1) is 18.4. The van der Waals surface area contributed by atoms with Gasteiger partial charge in [-0.05, 0) is 66.6 Å². The van der Waals surface area contributed by atoms with Crippen LogP contribution in [0.15, 0.2) is 60.7 Å². The molecule has 1 aliphatic rings. The summed E-state index contributed by atoms with van der Waals surface area (Å²) < 4.78 is 5.21. The van der Waals surface area contributed by atoms with E-state index in [0.717, 1.165) is 29.2 Å². The Morgan fingerprint density at radius 1 is 0.974 bits per heavy atom. The van der Waals surface area contributed by atoms with Crippen LogP contribution in [0.4, 0.5) is 5.82 Å². The SMILES string of the molecule is CC[C@H](C)CN(CC(=O)N1CCN(c2ccc(-c3ccc(OC)cc3)nn2)CC1)C(=O)c1ccc(Cl)cc1. The lowest BCUT2D eigenvalue weighted by Gasteiger charge is -2.36. The topological polar surface area (TPSA) is 78.9 Å². The van der Waals surface area contributed by atoms with E-state index in [2.05, 4.69) is 28.9 Å². The second-order valence-corrected chi connectivity index (χ2v) is 10.0. The van der Waals surface area contributed by atoms with Gasteiger partial charge in [-0.25, -0.2) is 0 Å². The lowest BCUT2D eigenvalue weighted by molar-refractivity contribution is -0.132. The summed E-state index contributed by atoms with van der Waals surface area (Å²) in [5.41, 5.74) is 2.29. The third-order valence-electron chi connectivity index (χ3n) is 6.93. The van der Waals surface area contributed by atoms with Gasteiger partial charge in [0.25, 0.3) is 5.91 Å². The molecule has 9 heteroatoms. The number of methoxy groups -OCH3 is 1. The summed E-state index contributed by atoms with van der Waals surface area (Å²) in [4.78, 5) is 32.0. The summed E-state index contributed by atoms with van der Waals surface area (Å²) in [5.74, 6) is 1.67. The number of hydrogen-bond donors (Lipinski definition) is 0. The third kappa shape index (κ3) is 6.81. The number of halogens is 1. The van der Waals surface area contributed by atoms with Crippen molar-refractivity contribution in [3.8, 4) is 17.0 Å². The molecule has 2 heterocycles. The largest absolute Gasteiger partial charge is 0.497 e. The van der Waals surface area contributed by atoms with Crippen molar-refractivity contribution in [1.82, 2.24) is 20.0 Å². The summed E-state index contributed by atoms with van der Waals surface area (Å²) in [7, 11) is 1.64. The molecule has 3 aromatic rings. The quantitative estimate of drug-likeness (QED) is 0.397. The summed E-state index contributed by atoms with van der Waals surface area (Å²) in [6.07, 6.45) is 0.926. The van der Waals surface area contributed by atoms with E-state index in [1.807, 2.05) is 41.3 Å². The van der Waals surface area contributed by atoms with Crippen molar-refractivity contribution in [2.75, 3.05) is 51.3 Å². The predicted molar refractivity (Wildman–Crippen MR) is 150 cm³/mol. The second kappa shape index (κ2) is 12.7. The van der Waals surface area contributed by atoms with Crippen LogP contribution < -0.4 is 9.64 Å². The van der Waals surface area contributed by atoms with Crippen LogP contribution in [0.25, 0.3) is 11.3 Å². The number of nitrogens with zero attached hydrogens (tertiary/aromatic N) is 5. The van der Waals surface area contributed by atoms with E-state index >= 15 is 0 Å². The van der Waals surface area contributed by atoms with Gasteiger partial charge in [0.2, 0.25) is 5.91 Å². The van der Waals surface area contributed by atoms with E-state index in [4.69, 9.17) is 16.3 Å². The van der Waals surface area contributed by atoms with Crippen molar-refractivity contribution in [2.24, 2.45) is 5.92 Å². The normalized spacial score (nSPS) is 14.2. The number of aromatic nitrogens is 2. The molecule has 2 amide bonds. The molecule has 1 aromatic heterocycles. The molecule has 0 bridgehead atoms. The van der Waals surface area contributed by atoms with Gasteiger partial charge in [0.15, 0.2) is 5.82 Å². The Balaban J connectivity index is 1.35. The average Bonchev–Trinajstić information content (AvgIpc) is 2.97. The van der Waals surface area contributed by atoms with Gasteiger partial charge >= 0.3 is 0 Å². The molecular formula is C29H34ClN5O3. The summed E-state index contributed by atoms with van der Waals surface area (Å²) >= 11 is 5.99. The fourth-order valence-electron chi connectivity index (χ4n) is 4.36. The number of piperazine rings is 1. The van der Waals surface area contributed by atoms with E-state index < -0.39 is 0 Å². The molecule has 1 atom stereocenters. The first kappa shape index (κ1) is 27.4. The Bertz CT molecular complexity index is 1210. The van der Waals surface area contributed by atoms with Crippen molar-refractivity contribution < 1.29 is 14.3 Å². The Morgan fingerprint density at radius 3 is 2.24 bits per heavy atom. The molecule has 0 saturated carbocycles. The maximum atomic E-state index is 13.2. The van der Waals surface area contributed by atoms with Crippen molar-refractivity contribution in [3.05, 3.63) is 71.2 Å². The number of anilines is 1. The van der Waals surface area contributed by atoms with Crippen molar-refractivity contribution in [1.29, 1.82) is 0 Å². The Labute approximate surface area is 229 Å². The lowest BCUT2D eigenvalue weighted by atomic mass is 10.1. The Morgan fingerprint density at radius 2 is 1.66 bits per heavy atom. The molecule has 1 saturated heterocycles. The Hall–Kier alpha value is -3.65. The number of carbonyl (C=O) groups excluding carboxylic acids is 2. The van der Waals surface area contributed by atoms with Gasteiger partial charge < -0.3 is 19.4 Å². The number of rotatable bonds is 9. The molecule has 8 nitrogen and oxygen atoms in total. The minimum absolute atomic E-state index is 0.0452. The summed E-state index contributed by atoms with van der Waals surface area (Å²) in [5, 5.41) is 9.39. The lowest BCUT2D eigenvalue weighted by Crippen LogP contribution is -2.52. The van der Waals surface area contributed by atoms with Crippen molar-refractivity contribution >= 4 is 29.2 Å². The number of amides is 2. The fourth-order valence-corrected chi connectivity index (χ4v) is 4.48. The standard InChI is InChI=1S/C29H34ClN5O3/c1-4-21(2)19-35(29(37)23-5-9-24(30)10-6-23)20-28(36)34-17-15-33(16-18-34)27-14-13-26(31-32-27)22-7-11-25(38-3)12-8-22/h5-14,21H,4,15-20H2,1-3H3/t21-/m0/s1. The highest BCUT2D eigenvalue weighted by molar-refractivity contribution is 6.30. The van der Waals surface area contributed by atoms with Crippen molar-refractivity contribution in [3.63, 3.8) is 0 Å². The first-order valence-electron chi connectivity index (χ1n) is 12.9. The van der Waals surface area contributed by atoms with Crippen LogP contribution in [0.2, 0.25) is 5.02 Å². The fraction of sp³-hybridized carbons (Fsp3) is 0.379. The van der Waals surface area contributed by atoms with E-state index in [1.54, 1.807) is 36.3 Å². The maximum absolute atomic E-state index is 13.2. The van der Waals surface area contributed by atoms with Gasteiger partial charge in [-0.1, -0.05) is 31.9 Å². The molecule has 2 aromatic carbocycles. The zero-order chi connectivity index (χ0) is 27.1. The maximum Gasteiger partial charge on any atom is 0.254 e. The molecule has 0 aliphatic carbocycles. The minimum atomic E-state index is -0.152. The molecular weight excluding hydrogens is 502 g/mol. The van der Waals surface area contributed by atoms with E-state index in [9.17, 15) is 9.59 Å². The molecule has 0 unspecified atom stereocenters. The van der Waals surface area contributed by atoms with Crippen LogP contribution in [-0.4, -0.2) is 78.2 Å². The van der Waals surface area contributed by atoms with Crippen LogP contribution in [0.5, 0.6) is 5.75 Å². The van der Waals surface area contributed by atoms with Gasteiger partial charge in [0.05, 0.1) is 12.8 Å². The van der Waals surface area contributed by atoms with Crippen LogP contribution >= 0.6 is 11.6 Å². The second-order valence-electron chi connectivity index (χ2n) is 9.58. The van der Waals surface area contributed by atoms with Crippen LogP contribution in [0, 0.1) is 5.92 Å². The molecule has 0 radical (unpaired) electrons. The summed E-state index contributed by atoms with van der Waals surface area (Å²) in [6.45, 7) is 7.19. The smallest absolute Gasteiger partial charge is 0.254 e. The number of ether oxygens (including phenoxy) is 1. The number of hydrogen-bond acceptors (Lipinski definition) is 6. The molecule has 200 valence electrons. The average molecular weight is 536 g/mol. The van der Waals surface area contributed by atoms with Gasteiger partial charge in [-0.3, -0.25) is 9.59 Å². The molecule has 1 aliphatic heterocycles. The highest BCUT2D eigenvalue weighted by Crippen LogP contribution is 2.22. The number of benzene rings is 2. The van der Waals surface area contributed by atoms with E-state index in [1.165, 1.54) is 0 Å². The van der Waals surface area contributed by atoms with Gasteiger partial charge in [0, 0.05) is 48.9 Å². The third-order valence-corrected chi connectivity index (χ3v) is 7.18. The highest BCUT2D eigenvalue weighted by atomic mass is 35.5. The van der Waals surface area contributed by atoms with Crippen LogP contribution in [0.1, 0.15) is 30.6 Å². The Kier molecular flexibility index (Phi) is 9.18. The number of carbonyl (C=O) groups is 2. The predicted octanol–water partition coefficient (Wildman–Crippen LogP) is 4.64. The monoisotopic (exact) mass is 535 g/mol. The van der Waals surface area contributed by atoms with E-state index in [-0.39, 0.29) is 24.3 Å². The van der Waals surface area contributed by atoms with Crippen LogP contribution in [0.3, 0.4) is 0 Å². The molecule has 0 spiro atoms. The summed E-state index contributed by atoms with van der Waals surface area (Å²) in [6, 6.07) is 18.4. The molecule has 4 rings (SSSR count). The zero-order valence-electron chi connectivity index (χ0n) is 22.1. The van der Waals surface area contributed by atoms with Gasteiger partial charge in [-0.15, -0.1) is 10.2 Å². The molecule has 1 fully saturated rings. The van der Waals surface area contributed by atoms with Crippen molar-refractivity contribution in [2.45, 2.75) is 20.3 Å². The van der Waals surface area contributed by atoms with Gasteiger partial charge in [-0.2, -0.15) is 0 Å². The van der Waals surface area contributed by atoms with Crippen LogP contribution in [-0.2, 0) is 4.79 Å². The minimum Gasteiger partial charge on any atom is -0.497 e. The van der Waals surface area contributed by atoms with Gasteiger partial charge in [0.1, 0.15) is 12.3 Å².